The number of carbonyl (C=O) groups excluding carboxylic acids is 1. The molecule has 0 aromatic heterocycles. The molecular formula is C10H12FNO2. The predicted octanol–water partition coefficient (Wildman–Crippen LogP) is 2.01. The van der Waals surface area contributed by atoms with E-state index in [-0.39, 0.29) is 22.8 Å². The summed E-state index contributed by atoms with van der Waals surface area (Å²) in [6.07, 6.45) is 0. The van der Waals surface area contributed by atoms with E-state index in [0.29, 0.717) is 6.61 Å². The molecule has 1 aromatic carbocycles. The van der Waals surface area contributed by atoms with Crippen LogP contribution in [0, 0.1) is 5.82 Å². The van der Waals surface area contributed by atoms with Crippen molar-refractivity contribution in [2.45, 2.75) is 13.8 Å². The summed E-state index contributed by atoms with van der Waals surface area (Å²) in [6.45, 7) is 3.50. The van der Waals surface area contributed by atoms with Crippen LogP contribution in [0.3, 0.4) is 0 Å². The van der Waals surface area contributed by atoms with Crippen molar-refractivity contribution in [2.75, 3.05) is 12.3 Å². The Morgan fingerprint density at radius 1 is 1.57 bits per heavy atom. The number of anilines is 1. The zero-order valence-corrected chi connectivity index (χ0v) is 8.13. The molecule has 0 bridgehead atoms. The molecule has 0 aliphatic heterocycles. The van der Waals surface area contributed by atoms with E-state index in [1.807, 2.05) is 0 Å². The van der Waals surface area contributed by atoms with Gasteiger partial charge in [-0.2, -0.15) is 0 Å². The highest BCUT2D eigenvalue weighted by Crippen LogP contribution is 2.28. The van der Waals surface area contributed by atoms with Gasteiger partial charge in [-0.05, 0) is 19.9 Å². The van der Waals surface area contributed by atoms with E-state index in [9.17, 15) is 9.18 Å². The molecule has 0 unspecified atom stereocenters. The number of hydrogen-bond donors (Lipinski definition) is 1. The number of carbonyl (C=O) groups is 1. The van der Waals surface area contributed by atoms with Crippen molar-refractivity contribution in [3.8, 4) is 5.75 Å². The molecule has 0 saturated carbocycles. The fourth-order valence-corrected chi connectivity index (χ4v) is 1.18. The maximum Gasteiger partial charge on any atom is 0.163 e. The summed E-state index contributed by atoms with van der Waals surface area (Å²) in [5.74, 6) is -0.530. The molecular weight excluding hydrogens is 185 g/mol. The first-order chi connectivity index (χ1) is 6.56. The number of nitrogen functional groups attached to an aromatic ring is 1. The molecule has 0 atom stereocenters. The zero-order chi connectivity index (χ0) is 10.7. The number of halogens is 1. The second-order valence-electron chi connectivity index (χ2n) is 2.86. The van der Waals surface area contributed by atoms with E-state index in [4.69, 9.17) is 10.5 Å². The van der Waals surface area contributed by atoms with Gasteiger partial charge in [-0.15, -0.1) is 0 Å². The Balaban J connectivity index is 3.28. The number of ketones is 1. The molecule has 0 radical (unpaired) electrons. The molecule has 0 amide bonds. The SMILES string of the molecule is CCOc1c(N)cc(F)cc1C(C)=O. The van der Waals surface area contributed by atoms with E-state index in [0.717, 1.165) is 12.1 Å². The normalized spacial score (nSPS) is 9.93. The maximum absolute atomic E-state index is 12.9. The minimum absolute atomic E-state index is 0.150. The summed E-state index contributed by atoms with van der Waals surface area (Å²) in [6, 6.07) is 2.26. The van der Waals surface area contributed by atoms with Crippen molar-refractivity contribution in [1.82, 2.24) is 0 Å². The third-order valence-corrected chi connectivity index (χ3v) is 1.75. The minimum Gasteiger partial charge on any atom is -0.491 e. The maximum atomic E-state index is 12.9. The van der Waals surface area contributed by atoms with Gasteiger partial charge in [0, 0.05) is 6.07 Å². The fourth-order valence-electron chi connectivity index (χ4n) is 1.18. The molecule has 14 heavy (non-hydrogen) atoms. The number of hydrogen-bond acceptors (Lipinski definition) is 3. The van der Waals surface area contributed by atoms with Crippen molar-refractivity contribution in [3.63, 3.8) is 0 Å². The van der Waals surface area contributed by atoms with Gasteiger partial charge in [-0.25, -0.2) is 4.39 Å². The topological polar surface area (TPSA) is 52.3 Å². The number of ether oxygens (including phenoxy) is 1. The van der Waals surface area contributed by atoms with E-state index < -0.39 is 5.82 Å². The largest absolute Gasteiger partial charge is 0.491 e. The lowest BCUT2D eigenvalue weighted by Crippen LogP contribution is -2.05. The lowest BCUT2D eigenvalue weighted by Gasteiger charge is -2.10. The number of Topliss-reactive ketones (excluding diaryl/α,β-unsaturated/α-hetero) is 1. The highest BCUT2D eigenvalue weighted by Gasteiger charge is 2.13. The van der Waals surface area contributed by atoms with Crippen molar-refractivity contribution in [2.24, 2.45) is 0 Å². The third kappa shape index (κ3) is 2.02. The van der Waals surface area contributed by atoms with Gasteiger partial charge in [0.2, 0.25) is 0 Å². The highest BCUT2D eigenvalue weighted by atomic mass is 19.1. The van der Waals surface area contributed by atoms with Crippen molar-refractivity contribution in [3.05, 3.63) is 23.5 Å². The summed E-state index contributed by atoms with van der Waals surface area (Å²) in [7, 11) is 0. The van der Waals surface area contributed by atoms with Crippen molar-refractivity contribution < 1.29 is 13.9 Å². The molecule has 0 aliphatic carbocycles. The first-order valence-corrected chi connectivity index (χ1v) is 4.29. The third-order valence-electron chi connectivity index (χ3n) is 1.75. The van der Waals surface area contributed by atoms with Crippen LogP contribution in [0.5, 0.6) is 5.75 Å². The number of benzene rings is 1. The van der Waals surface area contributed by atoms with Crippen LogP contribution in [0.4, 0.5) is 10.1 Å². The van der Waals surface area contributed by atoms with E-state index >= 15 is 0 Å². The average Bonchev–Trinajstić information content (AvgIpc) is 2.09. The summed E-state index contributed by atoms with van der Waals surface area (Å²) >= 11 is 0. The first kappa shape index (κ1) is 10.5. The van der Waals surface area contributed by atoms with Crippen LogP contribution in [-0.4, -0.2) is 12.4 Å². The second kappa shape index (κ2) is 4.09. The van der Waals surface area contributed by atoms with Gasteiger partial charge in [0.25, 0.3) is 0 Å². The molecule has 0 heterocycles. The molecule has 0 saturated heterocycles. The smallest absolute Gasteiger partial charge is 0.163 e. The van der Waals surface area contributed by atoms with Crippen molar-refractivity contribution >= 4 is 11.5 Å². The van der Waals surface area contributed by atoms with Gasteiger partial charge in [0.1, 0.15) is 5.82 Å². The fraction of sp³-hybridized carbons (Fsp3) is 0.300. The monoisotopic (exact) mass is 197 g/mol. The summed E-state index contributed by atoms with van der Waals surface area (Å²) in [5, 5.41) is 0. The predicted molar refractivity (Wildman–Crippen MR) is 52.0 cm³/mol. The quantitative estimate of drug-likeness (QED) is 0.595. The van der Waals surface area contributed by atoms with Crippen LogP contribution in [0.15, 0.2) is 12.1 Å². The Labute approximate surface area is 81.7 Å². The van der Waals surface area contributed by atoms with Gasteiger partial charge in [0.05, 0.1) is 17.9 Å². The minimum atomic E-state index is -0.531. The van der Waals surface area contributed by atoms with Crippen molar-refractivity contribution in [1.29, 1.82) is 0 Å². The van der Waals surface area contributed by atoms with E-state index in [1.54, 1.807) is 6.92 Å². The molecule has 0 aliphatic rings. The summed E-state index contributed by atoms with van der Waals surface area (Å²) < 4.78 is 18.1. The summed E-state index contributed by atoms with van der Waals surface area (Å²) in [5.41, 5.74) is 5.86. The van der Waals surface area contributed by atoms with E-state index in [2.05, 4.69) is 0 Å². The Morgan fingerprint density at radius 3 is 2.71 bits per heavy atom. The van der Waals surface area contributed by atoms with Crippen LogP contribution in [0.2, 0.25) is 0 Å². The van der Waals surface area contributed by atoms with Crippen LogP contribution in [0.25, 0.3) is 0 Å². The zero-order valence-electron chi connectivity index (χ0n) is 8.13. The van der Waals surface area contributed by atoms with E-state index in [1.165, 1.54) is 6.92 Å². The highest BCUT2D eigenvalue weighted by molar-refractivity contribution is 5.98. The number of nitrogens with two attached hydrogens (primary N) is 1. The Hall–Kier alpha value is -1.58. The second-order valence-corrected chi connectivity index (χ2v) is 2.86. The van der Waals surface area contributed by atoms with Crippen LogP contribution in [0.1, 0.15) is 24.2 Å². The summed E-state index contributed by atoms with van der Waals surface area (Å²) in [4.78, 5) is 11.1. The Kier molecular flexibility index (Phi) is 3.06. The van der Waals surface area contributed by atoms with Gasteiger partial charge >= 0.3 is 0 Å². The lowest BCUT2D eigenvalue weighted by molar-refractivity contribution is 0.101. The Bertz CT molecular complexity index is 363. The average molecular weight is 197 g/mol. The van der Waals surface area contributed by atoms with Crippen LogP contribution >= 0.6 is 0 Å². The molecule has 0 spiro atoms. The van der Waals surface area contributed by atoms with Gasteiger partial charge in [0.15, 0.2) is 11.5 Å². The van der Waals surface area contributed by atoms with Crippen LogP contribution in [-0.2, 0) is 0 Å². The molecule has 1 rings (SSSR count). The number of rotatable bonds is 3. The standard InChI is InChI=1S/C10H12FNO2/c1-3-14-10-8(6(2)13)4-7(11)5-9(10)12/h4-5H,3,12H2,1-2H3. The first-order valence-electron chi connectivity index (χ1n) is 4.29. The molecule has 3 nitrogen and oxygen atoms in total. The molecule has 0 fully saturated rings. The molecule has 76 valence electrons. The lowest BCUT2D eigenvalue weighted by atomic mass is 10.1. The van der Waals surface area contributed by atoms with Gasteiger partial charge < -0.3 is 10.5 Å². The van der Waals surface area contributed by atoms with Gasteiger partial charge in [-0.1, -0.05) is 0 Å². The van der Waals surface area contributed by atoms with Gasteiger partial charge in [-0.3, -0.25) is 4.79 Å². The Morgan fingerprint density at radius 2 is 2.21 bits per heavy atom. The van der Waals surface area contributed by atoms with Crippen LogP contribution < -0.4 is 10.5 Å². The molecule has 1 aromatic rings. The molecule has 2 N–H and O–H groups in total. The molecule has 4 heteroatoms.